The first-order valence-electron chi connectivity index (χ1n) is 13.8. The number of sulfonamides is 1. The molecule has 5 rings (SSSR count). The molecule has 46 heavy (non-hydrogen) atoms. The molecule has 0 radical (unpaired) electrons. The number of aryl methyl sites for hydroxylation is 1. The molecule has 0 aliphatic carbocycles. The van der Waals surface area contributed by atoms with Gasteiger partial charge in [0.1, 0.15) is 17.3 Å². The highest BCUT2D eigenvalue weighted by Crippen LogP contribution is 2.36. The standard InChI is InChI=1S/C33H26Cl2F3N3O4S/c1-3-41-19-30(26-14-10-23(34)17-29(26)35)39-31(41)16-20-4-6-21(7-5-20)22-8-11-24(12-9-22)45-25-13-15-28(33(36,37)38)27(18-25)32(42)40-46(2,43)44/h4-15,17-19H,3,16H2,1-2H3,(H,40,42). The Morgan fingerprint density at radius 1 is 0.913 bits per heavy atom. The first kappa shape index (κ1) is 33.1. The van der Waals surface area contributed by atoms with Gasteiger partial charge in [0, 0.05) is 29.7 Å². The van der Waals surface area contributed by atoms with Crippen molar-refractivity contribution in [2.45, 2.75) is 26.1 Å². The SMILES string of the molecule is CCn1cc(-c2ccc(Cl)cc2Cl)nc1Cc1ccc(-c2ccc(Oc3ccc(C(F)(F)F)c(C(=O)NS(C)(=O)=O)c3)cc2)cc1. The second-order valence-corrected chi connectivity index (χ2v) is 13.0. The second-order valence-electron chi connectivity index (χ2n) is 10.4. The number of hydrogen-bond acceptors (Lipinski definition) is 5. The van der Waals surface area contributed by atoms with Crippen molar-refractivity contribution in [2.75, 3.05) is 6.26 Å². The summed E-state index contributed by atoms with van der Waals surface area (Å²) in [4.78, 5) is 17.1. The molecule has 13 heteroatoms. The van der Waals surface area contributed by atoms with Crippen LogP contribution in [0.25, 0.3) is 22.4 Å². The van der Waals surface area contributed by atoms with Gasteiger partial charge in [-0.2, -0.15) is 13.2 Å². The Morgan fingerprint density at radius 3 is 2.13 bits per heavy atom. The highest BCUT2D eigenvalue weighted by Gasteiger charge is 2.36. The molecule has 1 aromatic heterocycles. The minimum absolute atomic E-state index is 0.0734. The average molecular weight is 689 g/mol. The molecule has 0 bridgehead atoms. The van der Waals surface area contributed by atoms with Gasteiger partial charge in [-0.1, -0.05) is 59.6 Å². The minimum atomic E-state index is -4.88. The van der Waals surface area contributed by atoms with E-state index in [2.05, 4.69) is 4.57 Å². The monoisotopic (exact) mass is 687 g/mol. The summed E-state index contributed by atoms with van der Waals surface area (Å²) in [6.45, 7) is 2.78. The average Bonchev–Trinajstić information content (AvgIpc) is 3.39. The van der Waals surface area contributed by atoms with E-state index in [1.54, 1.807) is 41.1 Å². The number of imidazole rings is 1. The Morgan fingerprint density at radius 2 is 1.54 bits per heavy atom. The molecule has 0 atom stereocenters. The number of halogens is 5. The summed E-state index contributed by atoms with van der Waals surface area (Å²) in [6, 6.07) is 22.7. The number of carbonyl (C=O) groups is 1. The van der Waals surface area contributed by atoms with Gasteiger partial charge in [0.25, 0.3) is 5.91 Å². The molecule has 1 heterocycles. The first-order valence-corrected chi connectivity index (χ1v) is 16.5. The fraction of sp³-hybridized carbons (Fsp3) is 0.152. The van der Waals surface area contributed by atoms with Crippen molar-refractivity contribution in [1.29, 1.82) is 0 Å². The van der Waals surface area contributed by atoms with Crippen LogP contribution in [0.5, 0.6) is 11.5 Å². The molecule has 0 saturated carbocycles. The summed E-state index contributed by atoms with van der Waals surface area (Å²) in [6.07, 6.45) is -1.64. The Balaban J connectivity index is 1.30. The predicted octanol–water partition coefficient (Wildman–Crippen LogP) is 8.64. The molecular formula is C33H26Cl2F3N3O4S. The Kier molecular flexibility index (Phi) is 9.48. The van der Waals surface area contributed by atoms with E-state index in [9.17, 15) is 26.4 Å². The zero-order chi connectivity index (χ0) is 33.2. The molecule has 0 fully saturated rings. The van der Waals surface area contributed by atoms with Crippen molar-refractivity contribution in [1.82, 2.24) is 14.3 Å². The lowest BCUT2D eigenvalue weighted by Gasteiger charge is -2.14. The van der Waals surface area contributed by atoms with Gasteiger partial charge >= 0.3 is 6.18 Å². The van der Waals surface area contributed by atoms with E-state index in [0.717, 1.165) is 52.4 Å². The maximum absolute atomic E-state index is 13.5. The zero-order valence-corrected chi connectivity index (χ0v) is 26.7. The number of hydrogen-bond donors (Lipinski definition) is 1. The lowest BCUT2D eigenvalue weighted by Crippen LogP contribution is -2.31. The first-order chi connectivity index (χ1) is 21.7. The molecule has 7 nitrogen and oxygen atoms in total. The van der Waals surface area contributed by atoms with Gasteiger partial charge in [-0.05, 0) is 72.1 Å². The number of ether oxygens (including phenoxy) is 1. The largest absolute Gasteiger partial charge is 0.457 e. The van der Waals surface area contributed by atoms with Crippen LogP contribution in [-0.2, 0) is 29.2 Å². The molecule has 5 aromatic rings. The summed E-state index contributed by atoms with van der Waals surface area (Å²) < 4.78 is 72.7. The van der Waals surface area contributed by atoms with Crippen molar-refractivity contribution < 1.29 is 31.1 Å². The zero-order valence-electron chi connectivity index (χ0n) is 24.4. The molecule has 1 N–H and O–H groups in total. The van der Waals surface area contributed by atoms with Gasteiger partial charge in [0.05, 0.1) is 28.1 Å². The molecule has 0 spiro atoms. The molecule has 0 aliphatic rings. The molecule has 4 aromatic carbocycles. The van der Waals surface area contributed by atoms with Gasteiger partial charge in [0.15, 0.2) is 0 Å². The number of carbonyl (C=O) groups excluding carboxylic acids is 1. The quantitative estimate of drug-likeness (QED) is 0.168. The predicted molar refractivity (Wildman–Crippen MR) is 172 cm³/mol. The number of aromatic nitrogens is 2. The maximum Gasteiger partial charge on any atom is 0.417 e. The fourth-order valence-corrected chi connectivity index (χ4v) is 5.74. The third-order valence-corrected chi connectivity index (χ3v) is 8.07. The van der Waals surface area contributed by atoms with E-state index >= 15 is 0 Å². The number of alkyl halides is 3. The normalized spacial score (nSPS) is 11.8. The summed E-state index contributed by atoms with van der Waals surface area (Å²) in [7, 11) is -4.09. The van der Waals surface area contributed by atoms with Crippen molar-refractivity contribution in [3.8, 4) is 33.9 Å². The van der Waals surface area contributed by atoms with Crippen LogP contribution in [0.1, 0.15) is 34.2 Å². The highest BCUT2D eigenvalue weighted by atomic mass is 35.5. The fourth-order valence-electron chi connectivity index (χ4n) is 4.79. The van der Waals surface area contributed by atoms with E-state index in [-0.39, 0.29) is 5.75 Å². The molecular weight excluding hydrogens is 662 g/mol. The van der Waals surface area contributed by atoms with Crippen molar-refractivity contribution in [3.05, 3.63) is 124 Å². The van der Waals surface area contributed by atoms with E-state index in [4.69, 9.17) is 32.9 Å². The Hall–Kier alpha value is -4.32. The van der Waals surface area contributed by atoms with E-state index < -0.39 is 33.2 Å². The van der Waals surface area contributed by atoms with Crippen molar-refractivity contribution in [2.24, 2.45) is 0 Å². The van der Waals surface area contributed by atoms with Gasteiger partial charge in [0.2, 0.25) is 10.0 Å². The number of nitrogens with zero attached hydrogens (tertiary/aromatic N) is 2. The van der Waals surface area contributed by atoms with Crippen LogP contribution >= 0.6 is 23.2 Å². The van der Waals surface area contributed by atoms with Crippen LogP contribution in [0.2, 0.25) is 10.0 Å². The van der Waals surface area contributed by atoms with Crippen LogP contribution in [-0.4, -0.2) is 30.1 Å². The molecule has 0 saturated heterocycles. The van der Waals surface area contributed by atoms with E-state index in [1.165, 1.54) is 0 Å². The number of amides is 1. The Bertz CT molecular complexity index is 2010. The summed E-state index contributed by atoms with van der Waals surface area (Å²) >= 11 is 12.4. The van der Waals surface area contributed by atoms with E-state index in [1.807, 2.05) is 43.5 Å². The number of rotatable bonds is 9. The van der Waals surface area contributed by atoms with Gasteiger partial charge < -0.3 is 9.30 Å². The number of benzene rings is 4. The molecule has 0 aliphatic heterocycles. The lowest BCUT2D eigenvalue weighted by atomic mass is 10.0. The van der Waals surface area contributed by atoms with Crippen LogP contribution in [0.3, 0.4) is 0 Å². The maximum atomic E-state index is 13.5. The Labute approximate surface area is 273 Å². The summed E-state index contributed by atoms with van der Waals surface area (Å²) in [5, 5.41) is 1.08. The van der Waals surface area contributed by atoms with Crippen molar-refractivity contribution in [3.63, 3.8) is 0 Å². The second kappa shape index (κ2) is 13.2. The molecule has 0 unspecified atom stereocenters. The van der Waals surface area contributed by atoms with Gasteiger partial charge in [-0.15, -0.1) is 0 Å². The van der Waals surface area contributed by atoms with E-state index in [0.29, 0.717) is 34.5 Å². The third-order valence-electron chi connectivity index (χ3n) is 6.97. The lowest BCUT2D eigenvalue weighted by molar-refractivity contribution is -0.137. The van der Waals surface area contributed by atoms with Crippen LogP contribution < -0.4 is 9.46 Å². The van der Waals surface area contributed by atoms with Crippen LogP contribution in [0.4, 0.5) is 13.2 Å². The highest BCUT2D eigenvalue weighted by molar-refractivity contribution is 7.89. The van der Waals surface area contributed by atoms with Crippen molar-refractivity contribution >= 4 is 39.1 Å². The summed E-state index contributed by atoms with van der Waals surface area (Å²) in [5.41, 5.74) is 2.26. The third kappa shape index (κ3) is 7.90. The van der Waals surface area contributed by atoms with Crippen LogP contribution in [0.15, 0.2) is 91.1 Å². The smallest absolute Gasteiger partial charge is 0.417 e. The van der Waals surface area contributed by atoms with Crippen LogP contribution in [0, 0.1) is 0 Å². The van der Waals surface area contributed by atoms with Gasteiger partial charge in [-0.3, -0.25) is 4.79 Å². The minimum Gasteiger partial charge on any atom is -0.457 e. The topological polar surface area (TPSA) is 90.3 Å². The molecule has 238 valence electrons. The van der Waals surface area contributed by atoms with Gasteiger partial charge in [-0.25, -0.2) is 18.1 Å². The number of nitrogens with one attached hydrogen (secondary N) is 1. The molecule has 1 amide bonds. The summed E-state index contributed by atoms with van der Waals surface area (Å²) in [5.74, 6) is -0.296.